The van der Waals surface area contributed by atoms with Gasteiger partial charge in [0, 0.05) is 22.7 Å². The molecular formula is C19H20ClN3O3S. The summed E-state index contributed by atoms with van der Waals surface area (Å²) in [4.78, 5) is 0. The highest BCUT2D eigenvalue weighted by Crippen LogP contribution is 2.24. The van der Waals surface area contributed by atoms with Gasteiger partial charge < -0.3 is 4.74 Å². The lowest BCUT2D eigenvalue weighted by molar-refractivity contribution is 0.340. The van der Waals surface area contributed by atoms with Crippen LogP contribution in [-0.4, -0.2) is 25.2 Å². The largest absolute Gasteiger partial charge is 0.494 e. The molecule has 6 nitrogen and oxygen atoms in total. The second-order valence-electron chi connectivity index (χ2n) is 5.93. The molecular weight excluding hydrogens is 386 g/mol. The third-order valence-corrected chi connectivity index (χ3v) is 5.47. The van der Waals surface area contributed by atoms with Crippen molar-refractivity contribution in [1.29, 1.82) is 0 Å². The maximum Gasteiger partial charge on any atom is 0.216 e. The van der Waals surface area contributed by atoms with Crippen LogP contribution in [0.1, 0.15) is 18.1 Å². The highest BCUT2D eigenvalue weighted by atomic mass is 35.5. The van der Waals surface area contributed by atoms with Crippen molar-refractivity contribution in [2.45, 2.75) is 19.2 Å². The molecule has 0 atom stereocenters. The molecule has 3 rings (SSSR count). The van der Waals surface area contributed by atoms with Crippen LogP contribution in [0.15, 0.2) is 54.7 Å². The maximum atomic E-state index is 12.4. The predicted octanol–water partition coefficient (Wildman–Crippen LogP) is 3.75. The Balaban J connectivity index is 1.68. The van der Waals surface area contributed by atoms with Crippen molar-refractivity contribution < 1.29 is 13.2 Å². The first-order chi connectivity index (χ1) is 13.0. The number of ether oxygens (including phenoxy) is 1. The van der Waals surface area contributed by atoms with Crippen molar-refractivity contribution in [2.24, 2.45) is 0 Å². The second-order valence-corrected chi connectivity index (χ2v) is 8.18. The van der Waals surface area contributed by atoms with E-state index in [0.717, 1.165) is 22.6 Å². The summed E-state index contributed by atoms with van der Waals surface area (Å²) < 4.78 is 32.8. The molecule has 27 heavy (non-hydrogen) atoms. The van der Waals surface area contributed by atoms with Gasteiger partial charge in [-0.15, -0.1) is 0 Å². The summed E-state index contributed by atoms with van der Waals surface area (Å²) in [5.41, 5.74) is 3.11. The van der Waals surface area contributed by atoms with Crippen LogP contribution in [0.5, 0.6) is 5.75 Å². The molecule has 2 N–H and O–H groups in total. The molecule has 142 valence electrons. The Morgan fingerprint density at radius 2 is 1.81 bits per heavy atom. The molecule has 0 radical (unpaired) electrons. The first-order valence-electron chi connectivity index (χ1n) is 8.44. The highest BCUT2D eigenvalue weighted by Gasteiger charge is 2.14. The summed E-state index contributed by atoms with van der Waals surface area (Å²) in [7, 11) is -3.49. The van der Waals surface area contributed by atoms with Crippen molar-refractivity contribution in [3.8, 4) is 17.0 Å². The van der Waals surface area contributed by atoms with Gasteiger partial charge in [-0.1, -0.05) is 23.7 Å². The Bertz CT molecular complexity index is 984. The summed E-state index contributed by atoms with van der Waals surface area (Å²) in [5.74, 6) is 0.673. The molecule has 0 fully saturated rings. The molecule has 0 saturated heterocycles. The smallest absolute Gasteiger partial charge is 0.216 e. The van der Waals surface area contributed by atoms with E-state index in [1.807, 2.05) is 31.2 Å². The average molecular weight is 406 g/mol. The Morgan fingerprint density at radius 1 is 1.11 bits per heavy atom. The van der Waals surface area contributed by atoms with Crippen LogP contribution >= 0.6 is 11.6 Å². The number of nitrogens with zero attached hydrogens (tertiary/aromatic N) is 1. The first kappa shape index (κ1) is 19.4. The molecule has 8 heteroatoms. The minimum Gasteiger partial charge on any atom is -0.494 e. The topological polar surface area (TPSA) is 84.1 Å². The van der Waals surface area contributed by atoms with E-state index in [0.29, 0.717) is 17.2 Å². The summed E-state index contributed by atoms with van der Waals surface area (Å²) >= 11 is 5.83. The first-order valence-corrected chi connectivity index (χ1v) is 10.5. The molecule has 1 aromatic heterocycles. The second kappa shape index (κ2) is 8.56. The van der Waals surface area contributed by atoms with Crippen LogP contribution in [0, 0.1) is 0 Å². The van der Waals surface area contributed by atoms with Crippen LogP contribution in [0.25, 0.3) is 11.3 Å². The molecule has 0 aliphatic rings. The number of halogens is 1. The number of hydrogen-bond acceptors (Lipinski definition) is 4. The van der Waals surface area contributed by atoms with Crippen molar-refractivity contribution in [3.05, 3.63) is 70.9 Å². The number of rotatable bonds is 8. The van der Waals surface area contributed by atoms with Crippen molar-refractivity contribution in [1.82, 2.24) is 14.9 Å². The zero-order valence-corrected chi connectivity index (χ0v) is 16.3. The summed E-state index contributed by atoms with van der Waals surface area (Å²) in [6, 6.07) is 14.3. The summed E-state index contributed by atoms with van der Waals surface area (Å²) in [6.45, 7) is 2.68. The number of aromatic nitrogens is 2. The molecule has 0 saturated carbocycles. The lowest BCUT2D eigenvalue weighted by atomic mass is 10.1. The van der Waals surface area contributed by atoms with Gasteiger partial charge in [-0.2, -0.15) is 5.10 Å². The van der Waals surface area contributed by atoms with Gasteiger partial charge in [0.1, 0.15) is 5.75 Å². The zero-order chi connectivity index (χ0) is 19.3. The van der Waals surface area contributed by atoms with Gasteiger partial charge in [0.15, 0.2) is 0 Å². The fraction of sp³-hybridized carbons (Fsp3) is 0.211. The van der Waals surface area contributed by atoms with E-state index in [4.69, 9.17) is 16.3 Å². The van der Waals surface area contributed by atoms with Gasteiger partial charge in [0.05, 0.1) is 24.3 Å². The number of benzene rings is 2. The van der Waals surface area contributed by atoms with Gasteiger partial charge in [-0.05, 0) is 48.9 Å². The number of H-pyrrole nitrogens is 1. The summed E-state index contributed by atoms with van der Waals surface area (Å²) in [5, 5.41) is 7.54. The fourth-order valence-corrected chi connectivity index (χ4v) is 3.85. The van der Waals surface area contributed by atoms with E-state index in [2.05, 4.69) is 14.9 Å². The third-order valence-electron chi connectivity index (χ3n) is 3.92. The van der Waals surface area contributed by atoms with Crippen molar-refractivity contribution in [3.63, 3.8) is 0 Å². The number of nitrogens with one attached hydrogen (secondary N) is 2. The minimum absolute atomic E-state index is 0.111. The standard InChI is InChI=1S/C19H20ClN3O3S/c1-2-26-18-9-5-15(6-10-18)19-16(11-21-23-19)12-22-27(24,25)13-14-3-7-17(20)8-4-14/h3-11,22H,2,12-13H2,1H3,(H,21,23). The van der Waals surface area contributed by atoms with Gasteiger partial charge in [-0.25, -0.2) is 13.1 Å². The Kier molecular flexibility index (Phi) is 6.15. The molecule has 2 aromatic carbocycles. The SMILES string of the molecule is CCOc1ccc(-c2[nH]ncc2CNS(=O)(=O)Cc2ccc(Cl)cc2)cc1. The predicted molar refractivity (Wildman–Crippen MR) is 106 cm³/mol. The van der Waals surface area contributed by atoms with E-state index in [1.54, 1.807) is 30.5 Å². The van der Waals surface area contributed by atoms with Crippen molar-refractivity contribution >= 4 is 21.6 Å². The average Bonchev–Trinajstić information content (AvgIpc) is 3.12. The molecule has 3 aromatic rings. The fourth-order valence-electron chi connectivity index (χ4n) is 2.62. The molecule has 0 unspecified atom stereocenters. The van der Waals surface area contributed by atoms with E-state index in [9.17, 15) is 8.42 Å². The Hall–Kier alpha value is -2.35. The third kappa shape index (κ3) is 5.32. The van der Waals surface area contributed by atoms with Gasteiger partial charge >= 0.3 is 0 Å². The van der Waals surface area contributed by atoms with Crippen LogP contribution in [-0.2, 0) is 22.3 Å². The maximum absolute atomic E-state index is 12.4. The van der Waals surface area contributed by atoms with Gasteiger partial charge in [-0.3, -0.25) is 5.10 Å². The van der Waals surface area contributed by atoms with Gasteiger partial charge in [0.25, 0.3) is 0 Å². The molecule has 0 aliphatic heterocycles. The molecule has 0 bridgehead atoms. The molecule has 0 aliphatic carbocycles. The lowest BCUT2D eigenvalue weighted by Gasteiger charge is -2.08. The zero-order valence-electron chi connectivity index (χ0n) is 14.8. The number of hydrogen-bond donors (Lipinski definition) is 2. The number of sulfonamides is 1. The Morgan fingerprint density at radius 3 is 2.48 bits per heavy atom. The van der Waals surface area contributed by atoms with Crippen LogP contribution in [0.2, 0.25) is 5.02 Å². The van der Waals surface area contributed by atoms with Crippen LogP contribution in [0.3, 0.4) is 0 Å². The summed E-state index contributed by atoms with van der Waals surface area (Å²) in [6.07, 6.45) is 1.62. The van der Waals surface area contributed by atoms with E-state index in [1.165, 1.54) is 0 Å². The normalized spacial score (nSPS) is 11.5. The molecule has 0 spiro atoms. The highest BCUT2D eigenvalue weighted by molar-refractivity contribution is 7.88. The molecule has 1 heterocycles. The van der Waals surface area contributed by atoms with Crippen LogP contribution < -0.4 is 9.46 Å². The minimum atomic E-state index is -3.49. The van der Waals surface area contributed by atoms with E-state index < -0.39 is 10.0 Å². The van der Waals surface area contributed by atoms with E-state index in [-0.39, 0.29) is 12.3 Å². The van der Waals surface area contributed by atoms with E-state index >= 15 is 0 Å². The lowest BCUT2D eigenvalue weighted by Crippen LogP contribution is -2.24. The number of aromatic amines is 1. The van der Waals surface area contributed by atoms with Gasteiger partial charge in [0.2, 0.25) is 10.0 Å². The Labute approximate surface area is 163 Å². The monoisotopic (exact) mass is 405 g/mol. The molecule has 0 amide bonds. The van der Waals surface area contributed by atoms with Crippen molar-refractivity contribution in [2.75, 3.05) is 6.61 Å². The van der Waals surface area contributed by atoms with Crippen LogP contribution in [0.4, 0.5) is 0 Å². The quantitative estimate of drug-likeness (QED) is 0.597.